The number of hydrogen-bond donors (Lipinski definition) is 1. The lowest BCUT2D eigenvalue weighted by Gasteiger charge is -2.35. The lowest BCUT2D eigenvalue weighted by molar-refractivity contribution is -0.115. The standard InChI is InChI=1S/C24H31N3O2/c1-4-23(28)25-22-7-5-6-21(16-22)24(29)27-14-12-26(13-15-27)17-19-8-10-20(11-9-19)18(2)3/h5-11,16,18H,4,12-15,17H2,1-3H3,(H,25,28). The molecule has 0 bridgehead atoms. The molecule has 1 aliphatic rings. The van der Waals surface area contributed by atoms with Gasteiger partial charge in [0.1, 0.15) is 0 Å². The van der Waals surface area contributed by atoms with Crippen LogP contribution < -0.4 is 5.32 Å². The fourth-order valence-corrected chi connectivity index (χ4v) is 3.54. The van der Waals surface area contributed by atoms with Crippen LogP contribution in [0.4, 0.5) is 5.69 Å². The first-order valence-corrected chi connectivity index (χ1v) is 10.5. The van der Waals surface area contributed by atoms with Crippen LogP contribution in [-0.4, -0.2) is 47.8 Å². The molecule has 1 aliphatic heterocycles. The zero-order valence-corrected chi connectivity index (χ0v) is 17.6. The van der Waals surface area contributed by atoms with Crippen molar-refractivity contribution in [2.45, 2.75) is 39.7 Å². The van der Waals surface area contributed by atoms with Crippen LogP contribution in [-0.2, 0) is 11.3 Å². The van der Waals surface area contributed by atoms with E-state index >= 15 is 0 Å². The highest BCUT2D eigenvalue weighted by Crippen LogP contribution is 2.18. The number of benzene rings is 2. The maximum absolute atomic E-state index is 12.9. The lowest BCUT2D eigenvalue weighted by Crippen LogP contribution is -2.48. The van der Waals surface area contributed by atoms with Gasteiger partial charge in [0.2, 0.25) is 5.91 Å². The van der Waals surface area contributed by atoms with Gasteiger partial charge in [-0.25, -0.2) is 0 Å². The van der Waals surface area contributed by atoms with E-state index in [9.17, 15) is 9.59 Å². The van der Waals surface area contributed by atoms with Crippen LogP contribution in [0.5, 0.6) is 0 Å². The van der Waals surface area contributed by atoms with Crippen LogP contribution in [0, 0.1) is 0 Å². The van der Waals surface area contributed by atoms with E-state index in [0.717, 1.165) is 19.6 Å². The highest BCUT2D eigenvalue weighted by Gasteiger charge is 2.22. The largest absolute Gasteiger partial charge is 0.336 e. The van der Waals surface area contributed by atoms with Crippen molar-refractivity contribution in [2.75, 3.05) is 31.5 Å². The molecule has 2 aromatic rings. The van der Waals surface area contributed by atoms with E-state index < -0.39 is 0 Å². The van der Waals surface area contributed by atoms with Gasteiger partial charge in [-0.3, -0.25) is 14.5 Å². The third kappa shape index (κ3) is 5.67. The number of nitrogens with one attached hydrogen (secondary N) is 1. The number of hydrogen-bond acceptors (Lipinski definition) is 3. The molecule has 0 saturated carbocycles. The van der Waals surface area contributed by atoms with E-state index in [1.54, 1.807) is 6.07 Å². The minimum absolute atomic E-state index is 0.0264. The second kappa shape index (κ2) is 9.70. The summed E-state index contributed by atoms with van der Waals surface area (Å²) in [4.78, 5) is 28.8. The Morgan fingerprint density at radius 3 is 2.31 bits per heavy atom. The minimum Gasteiger partial charge on any atom is -0.336 e. The lowest BCUT2D eigenvalue weighted by atomic mass is 10.0. The van der Waals surface area contributed by atoms with E-state index in [0.29, 0.717) is 36.7 Å². The van der Waals surface area contributed by atoms with Crippen molar-refractivity contribution in [3.63, 3.8) is 0 Å². The second-order valence-corrected chi connectivity index (χ2v) is 7.95. The quantitative estimate of drug-likeness (QED) is 0.803. The Balaban J connectivity index is 1.54. The number of carbonyl (C=O) groups is 2. The number of nitrogens with zero attached hydrogens (tertiary/aromatic N) is 2. The van der Waals surface area contributed by atoms with E-state index in [1.807, 2.05) is 30.0 Å². The molecule has 29 heavy (non-hydrogen) atoms. The fourth-order valence-electron chi connectivity index (χ4n) is 3.54. The molecule has 5 heteroatoms. The summed E-state index contributed by atoms with van der Waals surface area (Å²) in [6.07, 6.45) is 0.417. The van der Waals surface area contributed by atoms with Crippen molar-refractivity contribution in [1.29, 1.82) is 0 Å². The molecule has 1 N–H and O–H groups in total. The maximum atomic E-state index is 12.9. The molecule has 1 fully saturated rings. The Bertz CT molecular complexity index is 837. The van der Waals surface area contributed by atoms with Gasteiger partial charge in [0.15, 0.2) is 0 Å². The van der Waals surface area contributed by atoms with Crippen LogP contribution >= 0.6 is 0 Å². The van der Waals surface area contributed by atoms with Gasteiger partial charge >= 0.3 is 0 Å². The van der Waals surface area contributed by atoms with Crippen molar-refractivity contribution in [3.05, 3.63) is 65.2 Å². The van der Waals surface area contributed by atoms with Crippen LogP contribution in [0.2, 0.25) is 0 Å². The van der Waals surface area contributed by atoms with Crippen LogP contribution in [0.3, 0.4) is 0 Å². The van der Waals surface area contributed by atoms with Gasteiger partial charge in [0.05, 0.1) is 0 Å². The maximum Gasteiger partial charge on any atom is 0.254 e. The molecule has 1 saturated heterocycles. The molecule has 0 aromatic heterocycles. The van der Waals surface area contributed by atoms with Crippen molar-refractivity contribution in [2.24, 2.45) is 0 Å². The van der Waals surface area contributed by atoms with Gasteiger partial charge in [-0.2, -0.15) is 0 Å². The number of carbonyl (C=O) groups excluding carboxylic acids is 2. The Morgan fingerprint density at radius 2 is 1.69 bits per heavy atom. The Kier molecular flexibility index (Phi) is 7.04. The summed E-state index contributed by atoms with van der Waals surface area (Å²) in [6.45, 7) is 10.3. The van der Waals surface area contributed by atoms with E-state index in [4.69, 9.17) is 0 Å². The van der Waals surface area contributed by atoms with Crippen molar-refractivity contribution < 1.29 is 9.59 Å². The Morgan fingerprint density at radius 1 is 1.00 bits per heavy atom. The Labute approximate surface area is 173 Å². The fraction of sp³-hybridized carbons (Fsp3) is 0.417. The summed E-state index contributed by atoms with van der Waals surface area (Å²) < 4.78 is 0. The first-order valence-electron chi connectivity index (χ1n) is 10.5. The van der Waals surface area contributed by atoms with Gasteiger partial charge in [-0.15, -0.1) is 0 Å². The zero-order valence-electron chi connectivity index (χ0n) is 17.6. The average molecular weight is 394 g/mol. The average Bonchev–Trinajstić information content (AvgIpc) is 2.74. The summed E-state index contributed by atoms with van der Waals surface area (Å²) in [6, 6.07) is 16.0. The third-order valence-electron chi connectivity index (χ3n) is 5.43. The molecular weight excluding hydrogens is 362 g/mol. The molecular formula is C24H31N3O2. The minimum atomic E-state index is -0.0513. The van der Waals surface area contributed by atoms with Crippen LogP contribution in [0.1, 0.15) is 54.6 Å². The highest BCUT2D eigenvalue weighted by atomic mass is 16.2. The number of piperazine rings is 1. The molecule has 5 nitrogen and oxygen atoms in total. The van der Waals surface area contributed by atoms with Crippen molar-refractivity contribution >= 4 is 17.5 Å². The highest BCUT2D eigenvalue weighted by molar-refractivity contribution is 5.97. The van der Waals surface area contributed by atoms with E-state index in [2.05, 4.69) is 48.3 Å². The normalized spacial score (nSPS) is 14.8. The summed E-state index contributed by atoms with van der Waals surface area (Å²) in [7, 11) is 0. The number of amides is 2. The molecule has 0 unspecified atom stereocenters. The van der Waals surface area contributed by atoms with Gasteiger partial charge in [-0.05, 0) is 35.2 Å². The first kappa shape index (κ1) is 21.1. The molecule has 0 atom stereocenters. The number of anilines is 1. The van der Waals surface area contributed by atoms with E-state index in [1.165, 1.54) is 11.1 Å². The molecule has 0 spiro atoms. The summed E-state index contributed by atoms with van der Waals surface area (Å²) in [5, 5.41) is 2.82. The topological polar surface area (TPSA) is 52.7 Å². The smallest absolute Gasteiger partial charge is 0.254 e. The molecule has 3 rings (SSSR count). The Hall–Kier alpha value is -2.66. The second-order valence-electron chi connectivity index (χ2n) is 7.95. The first-order chi connectivity index (χ1) is 14.0. The third-order valence-corrected chi connectivity index (χ3v) is 5.43. The van der Waals surface area contributed by atoms with E-state index in [-0.39, 0.29) is 11.8 Å². The molecule has 1 heterocycles. The van der Waals surface area contributed by atoms with Crippen LogP contribution in [0.25, 0.3) is 0 Å². The summed E-state index contributed by atoms with van der Waals surface area (Å²) in [5.41, 5.74) is 3.97. The molecule has 2 aromatic carbocycles. The molecule has 0 radical (unpaired) electrons. The molecule has 2 amide bonds. The molecule has 154 valence electrons. The predicted octanol–water partition coefficient (Wildman–Crippen LogP) is 4.12. The van der Waals surface area contributed by atoms with Gasteiger partial charge in [-0.1, -0.05) is 51.1 Å². The molecule has 0 aliphatic carbocycles. The van der Waals surface area contributed by atoms with Crippen LogP contribution in [0.15, 0.2) is 48.5 Å². The zero-order chi connectivity index (χ0) is 20.8. The van der Waals surface area contributed by atoms with Gasteiger partial charge in [0, 0.05) is 50.4 Å². The summed E-state index contributed by atoms with van der Waals surface area (Å²) in [5.74, 6) is 0.524. The van der Waals surface area contributed by atoms with Crippen molar-refractivity contribution in [1.82, 2.24) is 9.80 Å². The summed E-state index contributed by atoms with van der Waals surface area (Å²) >= 11 is 0. The van der Waals surface area contributed by atoms with Gasteiger partial charge in [0.25, 0.3) is 5.91 Å². The SMILES string of the molecule is CCC(=O)Nc1cccc(C(=O)N2CCN(Cc3ccc(C(C)C)cc3)CC2)c1. The predicted molar refractivity (Wildman–Crippen MR) is 117 cm³/mol. The monoisotopic (exact) mass is 393 g/mol. The van der Waals surface area contributed by atoms with Gasteiger partial charge < -0.3 is 10.2 Å². The number of rotatable bonds is 6. The van der Waals surface area contributed by atoms with Crippen molar-refractivity contribution in [3.8, 4) is 0 Å².